The summed E-state index contributed by atoms with van der Waals surface area (Å²) in [4.78, 5) is 14.6. The smallest absolute Gasteiger partial charge is 0.200 e. The monoisotopic (exact) mass is 932 g/mol. The summed E-state index contributed by atoms with van der Waals surface area (Å²) in [5.41, 5.74) is 17.3. The molecule has 0 unspecified atom stereocenters. The molecule has 0 aliphatic rings. The van der Waals surface area contributed by atoms with E-state index in [0.717, 1.165) is 33.4 Å². The SMILES string of the molecule is O=c1c2cc(-c3cccc(-c4ccc5c6cccc7c8ccccc8n(c5c4)c76)c3)ccc2oc2ccc(-c3ccc4sc5ccc(-c6ccc7c8cccc9c%10ccccc%10n(c7c6)c98)cc5c4c3)cc12. The standard InChI is InChI=1S/C67H36N2O2S/c70-67-55-33-39(37-8-5-9-38(30-37)43-18-24-47-51-14-6-12-49-45-10-1-3-16-57(45)68(65(49)51)59(47)35-43)20-26-61(55)71-62-27-21-40(34-56(62)67)41-22-28-63-53(31-41)54-32-42(23-29-64(54)72-63)44-19-25-48-52-15-7-13-50-46-11-2-4-17-58(46)69(66(50)52)60(48)36-44/h1-36H. The van der Waals surface area contributed by atoms with Gasteiger partial charge in [-0.1, -0.05) is 140 Å². The molecule has 0 atom stereocenters. The lowest BCUT2D eigenvalue weighted by molar-refractivity contribution is 0.660. The van der Waals surface area contributed by atoms with Crippen molar-refractivity contribution < 1.29 is 4.42 Å². The molecule has 6 aromatic heterocycles. The lowest BCUT2D eigenvalue weighted by Crippen LogP contribution is -2.02. The maximum atomic E-state index is 14.6. The summed E-state index contributed by atoms with van der Waals surface area (Å²) in [5, 5.41) is 13.8. The molecule has 4 nitrogen and oxygen atoms in total. The second-order valence-electron chi connectivity index (χ2n) is 19.5. The van der Waals surface area contributed by atoms with Gasteiger partial charge in [0.25, 0.3) is 0 Å². The molecule has 0 spiro atoms. The summed E-state index contributed by atoms with van der Waals surface area (Å²) in [6, 6.07) is 78.7. The van der Waals surface area contributed by atoms with Gasteiger partial charge in [-0.2, -0.15) is 0 Å². The number of fused-ring (bicyclic) bond motifs is 17. The van der Waals surface area contributed by atoms with Crippen LogP contribution in [0.15, 0.2) is 228 Å². The first-order valence-corrected chi connectivity index (χ1v) is 25.3. The Balaban J connectivity index is 0.737. The van der Waals surface area contributed by atoms with Gasteiger partial charge in [-0.05, 0) is 123 Å². The highest BCUT2D eigenvalue weighted by Crippen LogP contribution is 2.44. The number of hydrogen-bond donors (Lipinski definition) is 0. The number of hydrogen-bond acceptors (Lipinski definition) is 3. The van der Waals surface area contributed by atoms with Crippen LogP contribution in [0.1, 0.15) is 0 Å². The van der Waals surface area contributed by atoms with Gasteiger partial charge in [0.1, 0.15) is 11.2 Å². The van der Waals surface area contributed by atoms with Crippen LogP contribution in [-0.2, 0) is 0 Å². The molecule has 0 saturated carbocycles. The molecule has 0 bridgehead atoms. The quantitative estimate of drug-likeness (QED) is 0.165. The Hall–Kier alpha value is -9.29. The molecule has 0 radical (unpaired) electrons. The number of nitrogens with zero attached hydrogens (tertiary/aromatic N) is 2. The van der Waals surface area contributed by atoms with Gasteiger partial charge in [-0.3, -0.25) is 4.79 Å². The van der Waals surface area contributed by atoms with Gasteiger partial charge >= 0.3 is 0 Å². The number of rotatable bonds is 4. The molecule has 0 N–H and O–H groups in total. The van der Waals surface area contributed by atoms with Gasteiger partial charge in [-0.25, -0.2) is 0 Å². The normalized spacial score (nSPS) is 12.5. The molecule has 0 saturated heterocycles. The molecular weight excluding hydrogens is 897 g/mol. The zero-order valence-corrected chi connectivity index (χ0v) is 39.2. The zero-order valence-electron chi connectivity index (χ0n) is 38.4. The van der Waals surface area contributed by atoms with E-state index in [4.69, 9.17) is 4.42 Å². The molecule has 6 heterocycles. The summed E-state index contributed by atoms with van der Waals surface area (Å²) in [6.45, 7) is 0. The minimum absolute atomic E-state index is 0.0349. The van der Waals surface area contributed by atoms with E-state index in [2.05, 4.69) is 203 Å². The summed E-state index contributed by atoms with van der Waals surface area (Å²) >= 11 is 1.82. The van der Waals surface area contributed by atoms with Crippen molar-refractivity contribution in [2.75, 3.05) is 0 Å². The topological polar surface area (TPSA) is 39.0 Å². The van der Waals surface area contributed by atoms with Crippen LogP contribution in [0.4, 0.5) is 0 Å². The second kappa shape index (κ2) is 13.9. The van der Waals surface area contributed by atoms with Crippen LogP contribution >= 0.6 is 11.3 Å². The Morgan fingerprint density at radius 3 is 1.12 bits per heavy atom. The van der Waals surface area contributed by atoms with Crippen molar-refractivity contribution in [1.29, 1.82) is 0 Å². The minimum atomic E-state index is -0.0349. The van der Waals surface area contributed by atoms with E-state index in [9.17, 15) is 4.79 Å². The number of benzene rings is 11. The molecule has 332 valence electrons. The largest absolute Gasteiger partial charge is 0.456 e. The Morgan fingerprint density at radius 2 is 0.639 bits per heavy atom. The fourth-order valence-corrected chi connectivity index (χ4v) is 13.5. The van der Waals surface area contributed by atoms with E-state index < -0.39 is 0 Å². The third-order valence-electron chi connectivity index (χ3n) is 15.8. The van der Waals surface area contributed by atoms with Crippen LogP contribution in [0.2, 0.25) is 0 Å². The summed E-state index contributed by atoms with van der Waals surface area (Å²) in [7, 11) is 0. The Bertz CT molecular complexity index is 5260. The average molecular weight is 933 g/mol. The first-order valence-electron chi connectivity index (χ1n) is 24.5. The third-order valence-corrected chi connectivity index (χ3v) is 16.9. The van der Waals surface area contributed by atoms with Gasteiger partial charge in [0.2, 0.25) is 5.43 Å². The van der Waals surface area contributed by atoms with E-state index in [1.54, 1.807) is 0 Å². The molecule has 17 aromatic rings. The highest BCUT2D eigenvalue weighted by Gasteiger charge is 2.20. The van der Waals surface area contributed by atoms with Crippen molar-refractivity contribution in [2.24, 2.45) is 0 Å². The van der Waals surface area contributed by atoms with Crippen LogP contribution in [0.5, 0.6) is 0 Å². The molecular formula is C67H36N2O2S. The summed E-state index contributed by atoms with van der Waals surface area (Å²) < 4.78 is 13.8. The molecule has 72 heavy (non-hydrogen) atoms. The van der Waals surface area contributed by atoms with Gasteiger partial charge in [0.05, 0.1) is 43.9 Å². The van der Waals surface area contributed by atoms with E-state index in [1.807, 2.05) is 35.6 Å². The number of thiophene rings is 1. The van der Waals surface area contributed by atoms with Gasteiger partial charge in [0.15, 0.2) is 0 Å². The Kier molecular flexibility index (Phi) is 7.47. The highest BCUT2D eigenvalue weighted by molar-refractivity contribution is 7.25. The van der Waals surface area contributed by atoms with E-state index in [-0.39, 0.29) is 5.43 Å². The van der Waals surface area contributed by atoms with Crippen molar-refractivity contribution in [1.82, 2.24) is 8.80 Å². The average Bonchev–Trinajstić information content (AvgIpc) is 4.24. The predicted octanol–water partition coefficient (Wildman–Crippen LogP) is 18.3. The van der Waals surface area contributed by atoms with Gasteiger partial charge in [-0.15, -0.1) is 11.3 Å². The van der Waals surface area contributed by atoms with Crippen LogP contribution in [0.25, 0.3) is 163 Å². The molecule has 17 rings (SSSR count). The molecule has 0 fully saturated rings. The van der Waals surface area contributed by atoms with Crippen LogP contribution in [-0.4, -0.2) is 8.80 Å². The third kappa shape index (κ3) is 5.17. The van der Waals surface area contributed by atoms with Crippen molar-refractivity contribution in [2.45, 2.75) is 0 Å². The fraction of sp³-hybridized carbons (Fsp3) is 0. The Morgan fingerprint density at radius 1 is 0.278 bits per heavy atom. The van der Waals surface area contributed by atoms with Crippen molar-refractivity contribution >= 4 is 130 Å². The number of aromatic nitrogens is 2. The molecule has 0 amide bonds. The first-order chi connectivity index (χ1) is 35.6. The van der Waals surface area contributed by atoms with Crippen LogP contribution in [0.3, 0.4) is 0 Å². The molecule has 0 aliphatic heterocycles. The second-order valence-corrected chi connectivity index (χ2v) is 20.6. The first kappa shape index (κ1) is 38.5. The molecule has 5 heteroatoms. The van der Waals surface area contributed by atoms with Crippen LogP contribution in [0, 0.1) is 0 Å². The minimum Gasteiger partial charge on any atom is -0.456 e. The number of para-hydroxylation sites is 4. The predicted molar refractivity (Wildman–Crippen MR) is 304 cm³/mol. The maximum absolute atomic E-state index is 14.6. The summed E-state index contributed by atoms with van der Waals surface area (Å²) in [5.74, 6) is 0. The van der Waals surface area contributed by atoms with Crippen molar-refractivity contribution in [3.05, 3.63) is 229 Å². The lowest BCUT2D eigenvalue weighted by Gasteiger charge is -2.09. The maximum Gasteiger partial charge on any atom is 0.200 e. The van der Waals surface area contributed by atoms with Crippen molar-refractivity contribution in [3.8, 4) is 44.5 Å². The molecule has 11 aromatic carbocycles. The van der Waals surface area contributed by atoms with Gasteiger partial charge < -0.3 is 13.2 Å². The van der Waals surface area contributed by atoms with E-state index in [0.29, 0.717) is 21.9 Å². The molecule has 0 aliphatic carbocycles. The summed E-state index contributed by atoms with van der Waals surface area (Å²) in [6.07, 6.45) is 0. The van der Waals surface area contributed by atoms with Crippen molar-refractivity contribution in [3.63, 3.8) is 0 Å². The highest BCUT2D eigenvalue weighted by atomic mass is 32.1. The lowest BCUT2D eigenvalue weighted by atomic mass is 9.96. The zero-order chi connectivity index (χ0) is 46.9. The van der Waals surface area contributed by atoms with Gasteiger partial charge in [0, 0.05) is 63.3 Å². The van der Waals surface area contributed by atoms with E-state index in [1.165, 1.54) is 107 Å². The Labute approximate surface area is 413 Å². The van der Waals surface area contributed by atoms with E-state index >= 15 is 0 Å². The fourth-order valence-electron chi connectivity index (χ4n) is 12.5. The van der Waals surface area contributed by atoms with Crippen LogP contribution < -0.4 is 5.43 Å².